The van der Waals surface area contributed by atoms with Crippen molar-refractivity contribution >= 4 is 17.8 Å². The van der Waals surface area contributed by atoms with E-state index in [1.54, 1.807) is 24.3 Å². The number of amides is 2. The zero-order chi connectivity index (χ0) is 18.9. The topological polar surface area (TPSA) is 84.9 Å². The minimum atomic E-state index is -0.850. The molecule has 0 radical (unpaired) electrons. The van der Waals surface area contributed by atoms with E-state index in [-0.39, 0.29) is 18.2 Å². The van der Waals surface area contributed by atoms with Crippen LogP contribution < -0.4 is 10.1 Å². The summed E-state index contributed by atoms with van der Waals surface area (Å²) in [7, 11) is 0. The van der Waals surface area contributed by atoms with E-state index >= 15 is 0 Å². The van der Waals surface area contributed by atoms with Crippen molar-refractivity contribution in [2.45, 2.75) is 39.2 Å². The molecule has 1 saturated heterocycles. The van der Waals surface area contributed by atoms with E-state index in [0.29, 0.717) is 44.0 Å². The van der Waals surface area contributed by atoms with Gasteiger partial charge in [0.2, 0.25) is 5.91 Å². The van der Waals surface area contributed by atoms with Crippen molar-refractivity contribution in [1.29, 1.82) is 0 Å². The fourth-order valence-corrected chi connectivity index (χ4v) is 2.67. The van der Waals surface area contributed by atoms with Gasteiger partial charge in [0.15, 0.2) is 0 Å². The minimum absolute atomic E-state index is 0.144. The van der Waals surface area contributed by atoms with Crippen LogP contribution in [0, 0.1) is 0 Å². The second-order valence-corrected chi connectivity index (χ2v) is 6.10. The van der Waals surface area contributed by atoms with Crippen molar-refractivity contribution in [3.05, 3.63) is 29.8 Å². The van der Waals surface area contributed by atoms with Crippen LogP contribution in [0.3, 0.4) is 0 Å². The van der Waals surface area contributed by atoms with E-state index in [0.717, 1.165) is 6.42 Å². The third-order valence-electron chi connectivity index (χ3n) is 3.99. The number of hydrogen-bond donors (Lipinski definition) is 1. The lowest BCUT2D eigenvalue weighted by Crippen LogP contribution is -2.57. The Morgan fingerprint density at radius 2 is 1.85 bits per heavy atom. The lowest BCUT2D eigenvalue weighted by Gasteiger charge is -2.34. The van der Waals surface area contributed by atoms with Gasteiger partial charge in [-0.1, -0.05) is 13.8 Å². The smallest absolute Gasteiger partial charge is 0.308 e. The fourth-order valence-electron chi connectivity index (χ4n) is 2.67. The third-order valence-corrected chi connectivity index (χ3v) is 3.99. The summed E-state index contributed by atoms with van der Waals surface area (Å²) in [5.74, 6) is -0.398. The molecule has 1 N–H and O–H groups in total. The molecule has 1 aromatic carbocycles. The number of carbonyl (C=O) groups is 3. The van der Waals surface area contributed by atoms with Gasteiger partial charge in [-0.15, -0.1) is 0 Å². The van der Waals surface area contributed by atoms with Crippen LogP contribution in [0.15, 0.2) is 24.3 Å². The zero-order valence-corrected chi connectivity index (χ0v) is 15.3. The second kappa shape index (κ2) is 9.79. The fraction of sp³-hybridized carbons (Fsp3) is 0.526. The summed E-state index contributed by atoms with van der Waals surface area (Å²) in [6.07, 6.45) is 1.46. The Kier molecular flexibility index (Phi) is 7.44. The Morgan fingerprint density at radius 3 is 2.50 bits per heavy atom. The Labute approximate surface area is 153 Å². The predicted molar refractivity (Wildman–Crippen MR) is 95.9 cm³/mol. The van der Waals surface area contributed by atoms with E-state index in [2.05, 4.69) is 5.32 Å². The first-order chi connectivity index (χ1) is 12.6. The summed E-state index contributed by atoms with van der Waals surface area (Å²) in [6.45, 7) is 5.55. The summed E-state index contributed by atoms with van der Waals surface area (Å²) in [6, 6.07) is 5.96. The van der Waals surface area contributed by atoms with E-state index in [1.165, 1.54) is 4.90 Å². The molecule has 1 aliphatic rings. The van der Waals surface area contributed by atoms with Crippen LogP contribution in [0.5, 0.6) is 5.75 Å². The molecule has 26 heavy (non-hydrogen) atoms. The lowest BCUT2D eigenvalue weighted by molar-refractivity contribution is -0.147. The predicted octanol–water partition coefficient (Wildman–Crippen LogP) is 1.76. The number of nitrogens with one attached hydrogen (secondary N) is 1. The van der Waals surface area contributed by atoms with E-state index in [4.69, 9.17) is 9.47 Å². The van der Waals surface area contributed by atoms with Crippen molar-refractivity contribution < 1.29 is 23.9 Å². The highest BCUT2D eigenvalue weighted by molar-refractivity contribution is 5.99. The first-order valence-corrected chi connectivity index (χ1v) is 9.04. The van der Waals surface area contributed by atoms with Gasteiger partial charge in [-0.05, 0) is 37.1 Å². The molecule has 0 aliphatic carbocycles. The molecule has 1 atom stereocenters. The average Bonchev–Trinajstić information content (AvgIpc) is 2.66. The molecule has 2 amide bonds. The Balaban J connectivity index is 2.08. The number of carbonyl (C=O) groups excluding carboxylic acids is 3. The molecule has 2 rings (SSSR count). The van der Waals surface area contributed by atoms with Gasteiger partial charge < -0.3 is 19.7 Å². The largest absolute Gasteiger partial charge is 0.494 e. The average molecular weight is 362 g/mol. The number of ether oxygens (including phenoxy) is 2. The van der Waals surface area contributed by atoms with Gasteiger partial charge in [-0.25, -0.2) is 0 Å². The maximum absolute atomic E-state index is 12.8. The maximum Gasteiger partial charge on any atom is 0.308 e. The Hall–Kier alpha value is -2.57. The van der Waals surface area contributed by atoms with Crippen LogP contribution in [-0.4, -0.2) is 55.0 Å². The highest BCUT2D eigenvalue weighted by Crippen LogP contribution is 2.18. The molecule has 142 valence electrons. The molecule has 1 fully saturated rings. The maximum atomic E-state index is 12.8. The quantitative estimate of drug-likeness (QED) is 0.712. The lowest BCUT2D eigenvalue weighted by atomic mass is 10.1. The molecular formula is C19H26N2O5. The highest BCUT2D eigenvalue weighted by atomic mass is 16.5. The molecule has 0 bridgehead atoms. The standard InChI is InChI=1S/C19H26N2O5/c1-3-11-25-15-7-5-14(6-8-15)19(24)21-10-9-20-18(23)16(21)13-17(22)26-12-4-2/h5-8,16H,3-4,9-13H2,1-2H3,(H,20,23)/t16-/m1/s1. The molecule has 7 heteroatoms. The number of benzene rings is 1. The van der Waals surface area contributed by atoms with Crippen LogP contribution in [0.2, 0.25) is 0 Å². The van der Waals surface area contributed by atoms with Crippen molar-refractivity contribution in [3.63, 3.8) is 0 Å². The molecule has 1 heterocycles. The molecule has 0 aromatic heterocycles. The van der Waals surface area contributed by atoms with Crippen LogP contribution in [-0.2, 0) is 14.3 Å². The first-order valence-electron chi connectivity index (χ1n) is 9.04. The SMILES string of the molecule is CCCOC(=O)C[C@@H]1C(=O)NCCN1C(=O)c1ccc(OCCC)cc1. The summed E-state index contributed by atoms with van der Waals surface area (Å²) < 4.78 is 10.6. The van der Waals surface area contributed by atoms with Gasteiger partial charge in [0.25, 0.3) is 5.91 Å². The van der Waals surface area contributed by atoms with E-state index < -0.39 is 12.0 Å². The second-order valence-electron chi connectivity index (χ2n) is 6.10. The van der Waals surface area contributed by atoms with Crippen molar-refractivity contribution in [2.75, 3.05) is 26.3 Å². The van der Waals surface area contributed by atoms with Crippen molar-refractivity contribution in [1.82, 2.24) is 10.2 Å². The number of nitrogens with zero attached hydrogens (tertiary/aromatic N) is 1. The van der Waals surface area contributed by atoms with E-state index in [1.807, 2.05) is 13.8 Å². The molecular weight excluding hydrogens is 336 g/mol. The minimum Gasteiger partial charge on any atom is -0.494 e. The Bertz CT molecular complexity index is 629. The summed E-state index contributed by atoms with van der Waals surface area (Å²) in [5, 5.41) is 2.70. The molecule has 1 aliphatic heterocycles. The first kappa shape index (κ1) is 19.8. The van der Waals surface area contributed by atoms with Crippen LogP contribution >= 0.6 is 0 Å². The highest BCUT2D eigenvalue weighted by Gasteiger charge is 2.35. The summed E-state index contributed by atoms with van der Waals surface area (Å²) in [5.41, 5.74) is 0.454. The van der Waals surface area contributed by atoms with Gasteiger partial charge in [0, 0.05) is 18.7 Å². The number of rotatable bonds is 8. The molecule has 0 unspecified atom stereocenters. The molecule has 1 aromatic rings. The molecule has 0 saturated carbocycles. The van der Waals surface area contributed by atoms with Gasteiger partial charge in [0.1, 0.15) is 11.8 Å². The van der Waals surface area contributed by atoms with Crippen LogP contribution in [0.25, 0.3) is 0 Å². The van der Waals surface area contributed by atoms with E-state index in [9.17, 15) is 14.4 Å². The number of esters is 1. The summed E-state index contributed by atoms with van der Waals surface area (Å²) in [4.78, 5) is 38.4. The van der Waals surface area contributed by atoms with Gasteiger partial charge in [-0.2, -0.15) is 0 Å². The number of hydrogen-bond acceptors (Lipinski definition) is 5. The molecule has 0 spiro atoms. The molecule has 7 nitrogen and oxygen atoms in total. The van der Waals surface area contributed by atoms with Gasteiger partial charge >= 0.3 is 5.97 Å². The van der Waals surface area contributed by atoms with Crippen molar-refractivity contribution in [3.8, 4) is 5.75 Å². The van der Waals surface area contributed by atoms with Gasteiger partial charge in [0.05, 0.1) is 19.6 Å². The van der Waals surface area contributed by atoms with Gasteiger partial charge in [-0.3, -0.25) is 14.4 Å². The van der Waals surface area contributed by atoms with Crippen LogP contribution in [0.1, 0.15) is 43.5 Å². The monoisotopic (exact) mass is 362 g/mol. The number of piperazine rings is 1. The normalized spacial score (nSPS) is 16.8. The zero-order valence-electron chi connectivity index (χ0n) is 15.3. The van der Waals surface area contributed by atoms with Crippen LogP contribution in [0.4, 0.5) is 0 Å². The Morgan fingerprint density at radius 1 is 1.15 bits per heavy atom. The van der Waals surface area contributed by atoms with Crippen molar-refractivity contribution in [2.24, 2.45) is 0 Å². The summed E-state index contributed by atoms with van der Waals surface area (Å²) >= 11 is 0. The third kappa shape index (κ3) is 5.21.